The topological polar surface area (TPSA) is 46.6 Å². The zero-order valence-corrected chi connectivity index (χ0v) is 12.9. The molecule has 4 nitrogen and oxygen atoms in total. The number of benzene rings is 2. The van der Waals surface area contributed by atoms with Gasteiger partial charge in [-0.2, -0.15) is 0 Å². The number of carbonyl (C=O) groups is 2. The normalized spacial score (nSPS) is 10.9. The highest BCUT2D eigenvalue weighted by atomic mass is 16.6. The van der Waals surface area contributed by atoms with Gasteiger partial charge in [0.15, 0.2) is 0 Å². The Morgan fingerprint density at radius 2 is 1.59 bits per heavy atom. The summed E-state index contributed by atoms with van der Waals surface area (Å²) < 4.78 is 5.29. The smallest absolute Gasteiger partial charge is 0.421 e. The maximum absolute atomic E-state index is 12.2. The molecule has 0 aliphatic carbocycles. The molecule has 22 heavy (non-hydrogen) atoms. The molecule has 114 valence electrons. The van der Waals surface area contributed by atoms with Gasteiger partial charge in [-0.1, -0.05) is 48.5 Å². The summed E-state index contributed by atoms with van der Waals surface area (Å²) in [5.74, 6) is 0. The van der Waals surface area contributed by atoms with Gasteiger partial charge in [0.05, 0.1) is 5.69 Å². The fourth-order valence-corrected chi connectivity index (χ4v) is 2.05. The van der Waals surface area contributed by atoms with Crippen molar-refractivity contribution in [3.63, 3.8) is 0 Å². The zero-order chi connectivity index (χ0) is 16.2. The number of imide groups is 1. The highest BCUT2D eigenvalue weighted by Crippen LogP contribution is 2.30. The lowest BCUT2D eigenvalue weighted by atomic mass is 10.0. The van der Waals surface area contributed by atoms with Gasteiger partial charge in [-0.3, -0.25) is 4.79 Å². The average Bonchev–Trinajstić information content (AvgIpc) is 2.47. The molecule has 0 bridgehead atoms. The van der Waals surface area contributed by atoms with Crippen LogP contribution in [0.15, 0.2) is 54.6 Å². The van der Waals surface area contributed by atoms with Crippen LogP contribution in [0.1, 0.15) is 20.8 Å². The first-order valence-electron chi connectivity index (χ1n) is 7.04. The van der Waals surface area contributed by atoms with Gasteiger partial charge >= 0.3 is 6.09 Å². The second-order valence-electron chi connectivity index (χ2n) is 5.84. The van der Waals surface area contributed by atoms with E-state index in [9.17, 15) is 9.59 Å². The van der Waals surface area contributed by atoms with Gasteiger partial charge in [0, 0.05) is 5.56 Å². The zero-order valence-electron chi connectivity index (χ0n) is 12.9. The Balaban J connectivity index is 2.43. The van der Waals surface area contributed by atoms with Crippen LogP contribution in [0.5, 0.6) is 0 Å². The Morgan fingerprint density at radius 1 is 1.00 bits per heavy atom. The van der Waals surface area contributed by atoms with Crippen LogP contribution in [0.2, 0.25) is 0 Å². The van der Waals surface area contributed by atoms with E-state index in [1.807, 2.05) is 42.5 Å². The first-order chi connectivity index (χ1) is 10.4. The number of rotatable bonds is 3. The lowest BCUT2D eigenvalue weighted by molar-refractivity contribution is -0.107. The lowest BCUT2D eigenvalue weighted by Gasteiger charge is -2.25. The van der Waals surface area contributed by atoms with Crippen molar-refractivity contribution in [3.05, 3.63) is 54.6 Å². The summed E-state index contributed by atoms with van der Waals surface area (Å²) in [6.07, 6.45) is -0.207. The van der Waals surface area contributed by atoms with Crippen LogP contribution in [0, 0.1) is 0 Å². The molecular formula is C18H19NO3. The molecule has 0 aromatic heterocycles. The summed E-state index contributed by atoms with van der Waals surface area (Å²) in [6, 6.07) is 16.8. The Bertz CT molecular complexity index is 660. The third-order valence-electron chi connectivity index (χ3n) is 2.94. The number of anilines is 1. The van der Waals surface area contributed by atoms with E-state index in [1.165, 1.54) is 0 Å². The van der Waals surface area contributed by atoms with Gasteiger partial charge in [-0.25, -0.2) is 9.69 Å². The first kappa shape index (κ1) is 15.8. The van der Waals surface area contributed by atoms with Crippen LogP contribution in [-0.2, 0) is 9.53 Å². The van der Waals surface area contributed by atoms with Crippen molar-refractivity contribution in [2.45, 2.75) is 26.4 Å². The molecule has 0 unspecified atom stereocenters. The first-order valence-corrected chi connectivity index (χ1v) is 7.04. The van der Waals surface area contributed by atoms with Crippen LogP contribution in [-0.4, -0.2) is 18.1 Å². The van der Waals surface area contributed by atoms with Crippen LogP contribution in [0.3, 0.4) is 0 Å². The maximum Gasteiger partial charge on any atom is 0.421 e. The molecule has 0 N–H and O–H groups in total. The molecule has 2 rings (SSSR count). The standard InChI is InChI=1S/C18H19NO3/c1-18(2,3)22-17(21)19(13-20)16-12-8-7-11-15(16)14-9-5-4-6-10-14/h4-13H,1-3H3. The van der Waals surface area contributed by atoms with Crippen LogP contribution in [0.25, 0.3) is 11.1 Å². The Morgan fingerprint density at radius 3 is 2.18 bits per heavy atom. The van der Waals surface area contributed by atoms with Crippen molar-refractivity contribution in [3.8, 4) is 11.1 Å². The monoisotopic (exact) mass is 297 g/mol. The number of carbonyl (C=O) groups excluding carboxylic acids is 2. The summed E-state index contributed by atoms with van der Waals surface area (Å²) in [5.41, 5.74) is 1.55. The molecule has 4 heteroatoms. The quantitative estimate of drug-likeness (QED) is 0.796. The third kappa shape index (κ3) is 3.73. The summed E-state index contributed by atoms with van der Waals surface area (Å²) in [6.45, 7) is 5.28. The molecule has 2 amide bonds. The van der Waals surface area contributed by atoms with E-state index < -0.39 is 11.7 Å². The van der Waals surface area contributed by atoms with E-state index in [2.05, 4.69) is 0 Å². The highest BCUT2D eigenvalue weighted by Gasteiger charge is 2.24. The van der Waals surface area contributed by atoms with E-state index in [4.69, 9.17) is 4.74 Å². The van der Waals surface area contributed by atoms with E-state index in [1.54, 1.807) is 32.9 Å². The van der Waals surface area contributed by atoms with Gasteiger partial charge in [0.2, 0.25) is 6.41 Å². The minimum atomic E-state index is -0.689. The van der Waals surface area contributed by atoms with Crippen molar-refractivity contribution in [2.24, 2.45) is 0 Å². The molecule has 0 aliphatic rings. The summed E-state index contributed by atoms with van der Waals surface area (Å²) in [7, 11) is 0. The number of ether oxygens (including phenoxy) is 1. The molecule has 0 saturated carbocycles. The lowest BCUT2D eigenvalue weighted by Crippen LogP contribution is -2.36. The molecule has 0 fully saturated rings. The Kier molecular flexibility index (Phi) is 4.61. The van der Waals surface area contributed by atoms with Crippen molar-refractivity contribution in [2.75, 3.05) is 4.90 Å². The fraction of sp³-hybridized carbons (Fsp3) is 0.222. The SMILES string of the molecule is CC(C)(C)OC(=O)N(C=O)c1ccccc1-c1ccccc1. The van der Waals surface area contributed by atoms with Gasteiger partial charge in [0.25, 0.3) is 0 Å². The number of amides is 2. The molecule has 0 heterocycles. The minimum absolute atomic E-state index is 0.482. The predicted molar refractivity (Wildman–Crippen MR) is 86.7 cm³/mol. The second-order valence-corrected chi connectivity index (χ2v) is 5.84. The van der Waals surface area contributed by atoms with Crippen molar-refractivity contribution in [1.29, 1.82) is 0 Å². The minimum Gasteiger partial charge on any atom is -0.443 e. The van der Waals surface area contributed by atoms with Gasteiger partial charge < -0.3 is 4.74 Å². The maximum atomic E-state index is 12.2. The van der Waals surface area contributed by atoms with Crippen molar-refractivity contribution < 1.29 is 14.3 Å². The largest absolute Gasteiger partial charge is 0.443 e. The van der Waals surface area contributed by atoms with E-state index in [0.717, 1.165) is 16.0 Å². The van der Waals surface area contributed by atoms with E-state index in [0.29, 0.717) is 12.1 Å². The Labute approximate surface area is 130 Å². The van der Waals surface area contributed by atoms with Gasteiger partial charge in [0.1, 0.15) is 5.60 Å². The predicted octanol–water partition coefficient (Wildman–Crippen LogP) is 4.25. The van der Waals surface area contributed by atoms with Crippen LogP contribution < -0.4 is 4.90 Å². The molecule has 0 radical (unpaired) electrons. The fourth-order valence-electron chi connectivity index (χ4n) is 2.05. The molecule has 2 aromatic rings. The van der Waals surface area contributed by atoms with E-state index >= 15 is 0 Å². The molecule has 0 atom stereocenters. The number of hydrogen-bond donors (Lipinski definition) is 0. The van der Waals surface area contributed by atoms with Gasteiger partial charge in [-0.05, 0) is 32.4 Å². The number of hydrogen-bond acceptors (Lipinski definition) is 3. The molecule has 2 aromatic carbocycles. The Hall–Kier alpha value is -2.62. The van der Waals surface area contributed by atoms with Crippen molar-refractivity contribution in [1.82, 2.24) is 0 Å². The second kappa shape index (κ2) is 6.43. The average molecular weight is 297 g/mol. The van der Waals surface area contributed by atoms with Crippen LogP contribution in [0.4, 0.5) is 10.5 Å². The van der Waals surface area contributed by atoms with E-state index in [-0.39, 0.29) is 0 Å². The molecular weight excluding hydrogens is 278 g/mol. The van der Waals surface area contributed by atoms with Crippen molar-refractivity contribution >= 4 is 18.2 Å². The molecule has 0 saturated heterocycles. The number of nitrogens with zero attached hydrogens (tertiary/aromatic N) is 1. The summed E-state index contributed by atoms with van der Waals surface area (Å²) >= 11 is 0. The highest BCUT2D eigenvalue weighted by molar-refractivity contribution is 6.06. The molecule has 0 spiro atoms. The summed E-state index contributed by atoms with van der Waals surface area (Å²) in [5, 5.41) is 0. The van der Waals surface area contributed by atoms with Gasteiger partial charge in [-0.15, -0.1) is 0 Å². The molecule has 0 aliphatic heterocycles. The number of para-hydroxylation sites is 1. The summed E-state index contributed by atoms with van der Waals surface area (Å²) in [4.78, 5) is 24.7. The third-order valence-corrected chi connectivity index (χ3v) is 2.94. The van der Waals surface area contributed by atoms with Crippen LogP contribution >= 0.6 is 0 Å².